The van der Waals surface area contributed by atoms with E-state index in [1.807, 2.05) is 0 Å². The Hall–Kier alpha value is -3.51. The van der Waals surface area contributed by atoms with E-state index in [9.17, 15) is 34.2 Å². The zero-order valence-corrected chi connectivity index (χ0v) is 26.1. The number of allylic oxidation sites excluding steroid dienone is 2. The fraction of sp³-hybridized carbons (Fsp3) is 0.645. The molecule has 2 N–H and O–H groups in total. The van der Waals surface area contributed by atoms with E-state index >= 15 is 0 Å². The van der Waals surface area contributed by atoms with E-state index in [4.69, 9.17) is 23.7 Å². The lowest BCUT2D eigenvalue weighted by molar-refractivity contribution is -0.212. The summed E-state index contributed by atoms with van der Waals surface area (Å²) in [5.41, 5.74) is -6.01. The molecule has 2 unspecified atom stereocenters. The average Bonchev–Trinajstić information content (AvgIpc) is 3.26. The van der Waals surface area contributed by atoms with E-state index in [1.54, 1.807) is 27.7 Å². The van der Waals surface area contributed by atoms with Crippen LogP contribution in [0.5, 0.6) is 0 Å². The molecule has 2 fully saturated rings. The van der Waals surface area contributed by atoms with Crippen LogP contribution in [0.3, 0.4) is 0 Å². The summed E-state index contributed by atoms with van der Waals surface area (Å²) < 4.78 is 29.0. The van der Waals surface area contributed by atoms with Crippen LogP contribution in [0.25, 0.3) is 0 Å². The summed E-state index contributed by atoms with van der Waals surface area (Å²) >= 11 is 0. The number of esters is 5. The smallest absolute Gasteiger partial charge is 0.341 e. The summed E-state index contributed by atoms with van der Waals surface area (Å²) in [6.45, 7) is 13.3. The van der Waals surface area contributed by atoms with Gasteiger partial charge in [0.25, 0.3) is 0 Å². The second kappa shape index (κ2) is 12.2. The molecule has 2 aliphatic carbocycles. The van der Waals surface area contributed by atoms with Crippen molar-refractivity contribution in [1.29, 1.82) is 0 Å². The molecule has 8 atom stereocenters. The highest BCUT2D eigenvalue weighted by Gasteiger charge is 2.76. The molecule has 1 saturated carbocycles. The van der Waals surface area contributed by atoms with Crippen molar-refractivity contribution in [3.63, 3.8) is 0 Å². The maximum Gasteiger partial charge on any atom is 0.341 e. The predicted molar refractivity (Wildman–Crippen MR) is 150 cm³/mol. The Labute approximate surface area is 251 Å². The molecule has 1 heterocycles. The molecule has 12 heteroatoms. The van der Waals surface area contributed by atoms with E-state index < -0.39 is 83.4 Å². The number of hydrogen-bond acceptors (Lipinski definition) is 12. The Kier molecular flexibility index (Phi) is 9.67. The van der Waals surface area contributed by atoms with Gasteiger partial charge in [-0.25, -0.2) is 14.4 Å². The maximum absolute atomic E-state index is 13.2. The van der Waals surface area contributed by atoms with Gasteiger partial charge < -0.3 is 33.9 Å². The van der Waals surface area contributed by atoms with Gasteiger partial charge in [0.15, 0.2) is 29.5 Å². The first kappa shape index (κ1) is 34.0. The fourth-order valence-corrected chi connectivity index (χ4v) is 6.15. The number of carbonyl (C=O) groups is 5. The largest absolute Gasteiger partial charge is 0.459 e. The van der Waals surface area contributed by atoms with Gasteiger partial charge in [-0.1, -0.05) is 19.1 Å². The van der Waals surface area contributed by atoms with Crippen molar-refractivity contribution < 1.29 is 57.9 Å². The van der Waals surface area contributed by atoms with Crippen LogP contribution in [0, 0.1) is 5.92 Å². The van der Waals surface area contributed by atoms with Crippen LogP contribution in [0.15, 0.2) is 34.4 Å². The first-order valence-corrected chi connectivity index (χ1v) is 14.3. The molecule has 0 aromatic heterocycles. The molecule has 238 valence electrons. The van der Waals surface area contributed by atoms with Gasteiger partial charge in [-0.3, -0.25) is 9.59 Å². The summed E-state index contributed by atoms with van der Waals surface area (Å²) in [4.78, 5) is 64.6. The minimum Gasteiger partial charge on any atom is -0.459 e. The van der Waals surface area contributed by atoms with Crippen LogP contribution in [0.1, 0.15) is 81.6 Å². The monoisotopic (exact) mass is 606 g/mol. The van der Waals surface area contributed by atoms with Crippen molar-refractivity contribution in [2.75, 3.05) is 0 Å². The molecule has 12 nitrogen and oxygen atoms in total. The number of ether oxygens (including phenoxy) is 5. The molecule has 0 radical (unpaired) electrons. The van der Waals surface area contributed by atoms with Gasteiger partial charge in [0.2, 0.25) is 0 Å². The van der Waals surface area contributed by atoms with Gasteiger partial charge in [-0.15, -0.1) is 0 Å². The summed E-state index contributed by atoms with van der Waals surface area (Å²) in [7, 11) is 0. The Bertz CT molecular complexity index is 1290. The van der Waals surface area contributed by atoms with Crippen LogP contribution >= 0.6 is 0 Å². The van der Waals surface area contributed by atoms with Crippen molar-refractivity contribution in [2.45, 2.75) is 123 Å². The maximum atomic E-state index is 13.2. The molecule has 0 amide bonds. The first-order chi connectivity index (χ1) is 19.9. The van der Waals surface area contributed by atoms with Crippen LogP contribution in [0.2, 0.25) is 0 Å². The van der Waals surface area contributed by atoms with E-state index in [2.05, 4.69) is 0 Å². The molecule has 0 spiro atoms. The van der Waals surface area contributed by atoms with Crippen molar-refractivity contribution in [3.05, 3.63) is 34.4 Å². The van der Waals surface area contributed by atoms with Crippen LogP contribution in [0.4, 0.5) is 0 Å². The Morgan fingerprint density at radius 2 is 1.53 bits per heavy atom. The molecule has 0 bridgehead atoms. The van der Waals surface area contributed by atoms with Gasteiger partial charge in [-0.05, 0) is 66.0 Å². The van der Waals surface area contributed by atoms with Crippen LogP contribution in [-0.4, -0.2) is 81.3 Å². The second-order valence-corrected chi connectivity index (χ2v) is 11.8. The number of hydrogen-bond donors (Lipinski definition) is 2. The SMILES string of the molecule is C/C=C(/C)C(=O)O[C@H]1C(C)=C2C([C@@H]1OC(=O)/C(C)=C\C)[C@@](C)(OC(C)=O)C[C@H](OC(=O)CCC)[C@@]1(O)C2OC(=O)[C@@]1(C)O. The Morgan fingerprint density at radius 3 is 2.05 bits per heavy atom. The number of fused-ring (bicyclic) bond motifs is 3. The standard InChI is InChI=1S/C31H42O12/c1-10-13-20(33)39-19-14-29(8,43-18(7)32)22-21(25-31(19,38)30(9,37)28(36)42-25)17(6)23(40-26(34)15(4)11-2)24(22)41-27(35)16(5)12-3/h11-12,19,22-25,37-38H,10,13-14H2,1-9H3/b15-11-,16-12-/t19-,22?,23-,24-,25?,29-,30+,31+/m0/s1. The van der Waals surface area contributed by atoms with Gasteiger partial charge in [0.05, 0.1) is 5.92 Å². The second-order valence-electron chi connectivity index (χ2n) is 11.8. The van der Waals surface area contributed by atoms with Crippen molar-refractivity contribution in [2.24, 2.45) is 5.92 Å². The Balaban J connectivity index is 2.36. The average molecular weight is 607 g/mol. The van der Waals surface area contributed by atoms with Crippen molar-refractivity contribution >= 4 is 29.8 Å². The number of rotatable bonds is 8. The van der Waals surface area contributed by atoms with Gasteiger partial charge >= 0.3 is 29.8 Å². The van der Waals surface area contributed by atoms with Crippen molar-refractivity contribution in [3.8, 4) is 0 Å². The van der Waals surface area contributed by atoms with Crippen LogP contribution in [-0.2, 0) is 47.7 Å². The molecule has 0 aromatic rings. The molecule has 1 saturated heterocycles. The molecular formula is C31H42O12. The summed E-state index contributed by atoms with van der Waals surface area (Å²) in [6, 6.07) is 0. The van der Waals surface area contributed by atoms with E-state index in [0.717, 1.165) is 13.8 Å². The summed E-state index contributed by atoms with van der Waals surface area (Å²) in [5, 5.41) is 23.7. The zero-order chi connectivity index (χ0) is 32.7. The fourth-order valence-electron chi connectivity index (χ4n) is 6.15. The highest BCUT2D eigenvalue weighted by Crippen LogP contribution is 2.57. The predicted octanol–water partition coefficient (Wildman–Crippen LogP) is 2.53. The van der Waals surface area contributed by atoms with Gasteiger partial charge in [0, 0.05) is 30.9 Å². The van der Waals surface area contributed by atoms with Crippen LogP contribution < -0.4 is 0 Å². The van der Waals surface area contributed by atoms with E-state index in [-0.39, 0.29) is 28.7 Å². The molecule has 43 heavy (non-hydrogen) atoms. The molecule has 3 aliphatic rings. The number of aliphatic hydroxyl groups is 2. The first-order valence-electron chi connectivity index (χ1n) is 14.3. The molecule has 3 rings (SSSR count). The quantitative estimate of drug-likeness (QED) is 0.179. The summed E-state index contributed by atoms with van der Waals surface area (Å²) in [5.74, 6) is -5.31. The lowest BCUT2D eigenvalue weighted by atomic mass is 9.75. The minimum atomic E-state index is -2.59. The highest BCUT2D eigenvalue weighted by molar-refractivity contribution is 5.89. The normalized spacial score (nSPS) is 35.8. The lowest BCUT2D eigenvalue weighted by Crippen LogP contribution is -2.64. The third kappa shape index (κ3) is 5.74. The van der Waals surface area contributed by atoms with Gasteiger partial charge in [0.1, 0.15) is 11.7 Å². The minimum absolute atomic E-state index is 0.0329. The summed E-state index contributed by atoms with van der Waals surface area (Å²) in [6.07, 6.45) is -2.87. The highest BCUT2D eigenvalue weighted by atomic mass is 16.6. The van der Waals surface area contributed by atoms with Crippen molar-refractivity contribution in [1.82, 2.24) is 0 Å². The van der Waals surface area contributed by atoms with Gasteiger partial charge in [-0.2, -0.15) is 0 Å². The van der Waals surface area contributed by atoms with E-state index in [1.165, 1.54) is 32.9 Å². The zero-order valence-electron chi connectivity index (χ0n) is 26.1. The Morgan fingerprint density at radius 1 is 0.977 bits per heavy atom. The molecule has 1 aliphatic heterocycles. The third-order valence-corrected chi connectivity index (χ3v) is 8.76. The van der Waals surface area contributed by atoms with E-state index in [0.29, 0.717) is 6.42 Å². The lowest BCUT2D eigenvalue weighted by Gasteiger charge is -2.41. The topological polar surface area (TPSA) is 172 Å². The number of carbonyl (C=O) groups excluding carboxylic acids is 5. The molecular weight excluding hydrogens is 564 g/mol. The third-order valence-electron chi connectivity index (χ3n) is 8.76. The molecule has 0 aromatic carbocycles.